The molecule has 1 aliphatic rings. The highest BCUT2D eigenvalue weighted by molar-refractivity contribution is 5.82. The van der Waals surface area contributed by atoms with Crippen molar-refractivity contribution in [2.45, 2.75) is 12.5 Å². The molecule has 124 valence electrons. The summed E-state index contributed by atoms with van der Waals surface area (Å²) in [5.41, 5.74) is 3.94. The predicted octanol–water partition coefficient (Wildman–Crippen LogP) is 2.75. The minimum absolute atomic E-state index is 0.0503. The van der Waals surface area contributed by atoms with E-state index in [0.717, 1.165) is 28.3 Å². The molecule has 1 unspecified atom stereocenters. The van der Waals surface area contributed by atoms with Crippen molar-refractivity contribution in [2.75, 3.05) is 17.7 Å². The summed E-state index contributed by atoms with van der Waals surface area (Å²) >= 11 is 0. The van der Waals surface area contributed by atoms with Crippen LogP contribution in [0.5, 0.6) is 0 Å². The van der Waals surface area contributed by atoms with Gasteiger partial charge >= 0.3 is 11.7 Å². The van der Waals surface area contributed by atoms with Crippen molar-refractivity contribution in [3.63, 3.8) is 0 Å². The topological polar surface area (TPSA) is 57.9 Å². The molecule has 2 heterocycles. The Balaban J connectivity index is 1.59. The number of nitrogens with one attached hydrogen (secondary N) is 2. The van der Waals surface area contributed by atoms with Gasteiger partial charge < -0.3 is 5.32 Å². The van der Waals surface area contributed by atoms with Crippen LogP contribution in [0.25, 0.3) is 11.3 Å². The van der Waals surface area contributed by atoms with Gasteiger partial charge in [-0.15, -0.1) is 0 Å². The predicted molar refractivity (Wildman–Crippen MR) is 97.6 cm³/mol. The number of rotatable bonds is 4. The fourth-order valence-electron chi connectivity index (χ4n) is 3.06. The number of hydrogen-bond donors (Lipinski definition) is 2. The molecule has 4 rings (SSSR count). The highest BCUT2D eigenvalue weighted by Gasteiger charge is 2.38. The first-order valence-electron chi connectivity index (χ1n) is 8.29. The van der Waals surface area contributed by atoms with E-state index in [9.17, 15) is 4.79 Å². The van der Waals surface area contributed by atoms with E-state index in [2.05, 4.69) is 15.6 Å². The molecule has 0 aliphatic carbocycles. The lowest BCUT2D eigenvalue weighted by Crippen LogP contribution is -2.43. The third-order valence-electron chi connectivity index (χ3n) is 4.45. The molecule has 0 spiro atoms. The maximum atomic E-state index is 12.7. The number of carbonyl (C=O) groups excluding carboxylic acids is 1. The van der Waals surface area contributed by atoms with Crippen molar-refractivity contribution in [3.05, 3.63) is 72.6 Å². The van der Waals surface area contributed by atoms with Crippen LogP contribution < -0.4 is 15.2 Å². The lowest BCUT2D eigenvalue weighted by Gasteiger charge is -2.03. The molecule has 0 saturated heterocycles. The van der Waals surface area contributed by atoms with E-state index in [-0.39, 0.29) is 11.9 Å². The summed E-state index contributed by atoms with van der Waals surface area (Å²) in [6, 6.07) is 17.8. The molecule has 5 heteroatoms. The summed E-state index contributed by atoms with van der Waals surface area (Å²) < 4.78 is 1.67. The van der Waals surface area contributed by atoms with Crippen LogP contribution in [0.15, 0.2) is 67.0 Å². The lowest BCUT2D eigenvalue weighted by molar-refractivity contribution is -0.552. The van der Waals surface area contributed by atoms with Crippen LogP contribution in [-0.2, 0) is 6.42 Å². The maximum Gasteiger partial charge on any atom is 0.359 e. The van der Waals surface area contributed by atoms with Crippen molar-refractivity contribution in [2.24, 2.45) is 0 Å². The summed E-state index contributed by atoms with van der Waals surface area (Å²) in [6.45, 7) is 0. The van der Waals surface area contributed by atoms with Crippen LogP contribution >= 0.6 is 0 Å². The van der Waals surface area contributed by atoms with Gasteiger partial charge in [0, 0.05) is 24.7 Å². The summed E-state index contributed by atoms with van der Waals surface area (Å²) in [4.78, 5) is 17.2. The Kier molecular flexibility index (Phi) is 3.90. The SMILES string of the molecule is CNc1ccc(-c2c[n+]3c(cn2)NC(Cc2ccccc2)C3=O)cc1. The van der Waals surface area contributed by atoms with Crippen molar-refractivity contribution < 1.29 is 9.36 Å². The second-order valence-corrected chi connectivity index (χ2v) is 6.08. The van der Waals surface area contributed by atoms with E-state index in [4.69, 9.17) is 0 Å². The molecule has 0 radical (unpaired) electrons. The first kappa shape index (κ1) is 15.3. The molecule has 2 aromatic carbocycles. The third-order valence-corrected chi connectivity index (χ3v) is 4.45. The van der Waals surface area contributed by atoms with Gasteiger partial charge in [-0.2, -0.15) is 4.57 Å². The van der Waals surface area contributed by atoms with E-state index in [1.165, 1.54) is 0 Å². The number of aromatic nitrogens is 2. The molecule has 1 aliphatic heterocycles. The fraction of sp³-hybridized carbons (Fsp3) is 0.150. The van der Waals surface area contributed by atoms with E-state index in [0.29, 0.717) is 6.42 Å². The molecular formula is C20H19N4O+. The van der Waals surface area contributed by atoms with Crippen molar-refractivity contribution in [1.82, 2.24) is 4.98 Å². The van der Waals surface area contributed by atoms with Gasteiger partial charge in [-0.25, -0.2) is 9.78 Å². The van der Waals surface area contributed by atoms with Crippen LogP contribution in [0, 0.1) is 0 Å². The Labute approximate surface area is 146 Å². The molecule has 25 heavy (non-hydrogen) atoms. The van der Waals surface area contributed by atoms with Crippen molar-refractivity contribution >= 4 is 17.4 Å². The van der Waals surface area contributed by atoms with Gasteiger partial charge in [-0.1, -0.05) is 42.5 Å². The number of anilines is 2. The Morgan fingerprint density at radius 2 is 1.88 bits per heavy atom. The van der Waals surface area contributed by atoms with Gasteiger partial charge in [-0.3, -0.25) is 5.32 Å². The molecule has 0 bridgehead atoms. The Bertz CT molecular complexity index is 907. The second kappa shape index (κ2) is 6.36. The summed E-state index contributed by atoms with van der Waals surface area (Å²) in [5.74, 6) is 0.788. The monoisotopic (exact) mass is 331 g/mol. The zero-order valence-electron chi connectivity index (χ0n) is 13.9. The zero-order valence-corrected chi connectivity index (χ0v) is 13.9. The molecule has 1 aromatic heterocycles. The number of fused-ring (bicyclic) bond motifs is 1. The van der Waals surface area contributed by atoms with E-state index >= 15 is 0 Å². The molecule has 5 nitrogen and oxygen atoms in total. The number of carbonyl (C=O) groups is 1. The Morgan fingerprint density at radius 1 is 1.12 bits per heavy atom. The molecular weight excluding hydrogens is 312 g/mol. The largest absolute Gasteiger partial charge is 0.388 e. The van der Waals surface area contributed by atoms with E-state index in [1.54, 1.807) is 10.8 Å². The number of nitrogens with zero attached hydrogens (tertiary/aromatic N) is 2. The first-order valence-corrected chi connectivity index (χ1v) is 8.29. The molecule has 0 saturated carbocycles. The van der Waals surface area contributed by atoms with Gasteiger partial charge in [0.05, 0.1) is 0 Å². The minimum Gasteiger partial charge on any atom is -0.388 e. The van der Waals surface area contributed by atoms with Gasteiger partial charge in [0.1, 0.15) is 18.1 Å². The fourth-order valence-corrected chi connectivity index (χ4v) is 3.06. The summed E-state index contributed by atoms with van der Waals surface area (Å²) in [5, 5.41) is 6.36. The average molecular weight is 331 g/mol. The molecule has 1 atom stereocenters. The minimum atomic E-state index is -0.258. The molecule has 0 amide bonds. The van der Waals surface area contributed by atoms with Gasteiger partial charge in [0.15, 0.2) is 6.04 Å². The summed E-state index contributed by atoms with van der Waals surface area (Å²) in [7, 11) is 1.88. The maximum absolute atomic E-state index is 12.7. The van der Waals surface area contributed by atoms with Gasteiger partial charge in [-0.05, 0) is 17.7 Å². The Morgan fingerprint density at radius 3 is 2.60 bits per heavy atom. The van der Waals surface area contributed by atoms with Crippen molar-refractivity contribution in [3.8, 4) is 11.3 Å². The van der Waals surface area contributed by atoms with Crippen LogP contribution in [0.2, 0.25) is 0 Å². The molecule has 2 N–H and O–H groups in total. The third kappa shape index (κ3) is 2.96. The van der Waals surface area contributed by atoms with Crippen molar-refractivity contribution in [1.29, 1.82) is 0 Å². The van der Waals surface area contributed by atoms with Crippen LogP contribution in [0.4, 0.5) is 11.5 Å². The van der Waals surface area contributed by atoms with E-state index in [1.807, 2.05) is 67.8 Å². The van der Waals surface area contributed by atoms with Gasteiger partial charge in [0.25, 0.3) is 0 Å². The summed E-state index contributed by atoms with van der Waals surface area (Å²) in [6.07, 6.45) is 4.20. The van der Waals surface area contributed by atoms with Crippen LogP contribution in [0.3, 0.4) is 0 Å². The zero-order chi connectivity index (χ0) is 17.2. The quantitative estimate of drug-likeness (QED) is 0.722. The van der Waals surface area contributed by atoms with Crippen LogP contribution in [-0.4, -0.2) is 24.0 Å². The lowest BCUT2D eigenvalue weighted by atomic mass is 10.1. The number of hydrogen-bond acceptors (Lipinski definition) is 4. The standard InChI is InChI=1S/C20H18N4O/c1-21-16-9-7-15(8-10-16)18-13-24-19(12-22-18)23-17(20(24)25)11-14-5-3-2-4-6-14/h2-10,12-13,17,21H,11H2,1H3/p+1. The molecule has 0 fully saturated rings. The average Bonchev–Trinajstić information content (AvgIpc) is 2.98. The Hall–Kier alpha value is -3.21. The normalized spacial score (nSPS) is 15.6. The molecule has 3 aromatic rings. The smallest absolute Gasteiger partial charge is 0.359 e. The second-order valence-electron chi connectivity index (χ2n) is 6.08. The number of benzene rings is 2. The van der Waals surface area contributed by atoms with Crippen LogP contribution in [0.1, 0.15) is 10.4 Å². The highest BCUT2D eigenvalue weighted by atomic mass is 16.2. The first-order chi connectivity index (χ1) is 12.2. The van der Waals surface area contributed by atoms with E-state index < -0.39 is 0 Å². The van der Waals surface area contributed by atoms with Gasteiger partial charge in [0.2, 0.25) is 0 Å². The highest BCUT2D eigenvalue weighted by Crippen LogP contribution is 2.21.